The van der Waals surface area contributed by atoms with E-state index in [2.05, 4.69) is 24.4 Å². The summed E-state index contributed by atoms with van der Waals surface area (Å²) in [6.45, 7) is 3.26. The van der Waals surface area contributed by atoms with Crippen molar-refractivity contribution in [2.75, 3.05) is 22.9 Å². The Morgan fingerprint density at radius 1 is 0.971 bits per heavy atom. The number of nitrogens with zero attached hydrogens (tertiary/aromatic N) is 5. The van der Waals surface area contributed by atoms with E-state index < -0.39 is 5.82 Å². The van der Waals surface area contributed by atoms with Crippen LogP contribution in [0, 0.1) is 12.7 Å². The number of hydrogen-bond donors (Lipinski definition) is 2. The van der Waals surface area contributed by atoms with E-state index in [0.29, 0.717) is 47.1 Å². The van der Waals surface area contributed by atoms with Crippen molar-refractivity contribution in [2.45, 2.75) is 13.5 Å². The van der Waals surface area contributed by atoms with Crippen LogP contribution in [-0.4, -0.2) is 26.1 Å². The molecule has 2 aromatic carbocycles. The van der Waals surface area contributed by atoms with Crippen LogP contribution in [0.3, 0.4) is 0 Å². The standard InChI is InChI=1S/C26H22FN7O/c1-15-4-2-7-21(32-15)35-20-9-8-16(12-19(20)27)22-23-24(29)30-14-31-25(23)34-11-10-33(26(22)34)18-6-3-5-17(28)13-18/h2-9,12-14H,10-11,28H2,1H3,(H2,29,30,31). The lowest BCUT2D eigenvalue weighted by Gasteiger charge is -2.20. The number of halogens is 1. The van der Waals surface area contributed by atoms with Crippen LogP contribution in [0.25, 0.3) is 22.2 Å². The van der Waals surface area contributed by atoms with E-state index in [0.717, 1.165) is 22.8 Å². The summed E-state index contributed by atoms with van der Waals surface area (Å²) in [6.07, 6.45) is 1.45. The van der Waals surface area contributed by atoms with Gasteiger partial charge in [0.05, 0.1) is 5.39 Å². The fourth-order valence-corrected chi connectivity index (χ4v) is 4.62. The molecular weight excluding hydrogens is 445 g/mol. The van der Waals surface area contributed by atoms with Crippen molar-refractivity contribution in [3.63, 3.8) is 0 Å². The Morgan fingerprint density at radius 3 is 2.63 bits per heavy atom. The van der Waals surface area contributed by atoms with Crippen molar-refractivity contribution in [3.05, 3.63) is 78.5 Å². The van der Waals surface area contributed by atoms with E-state index in [1.165, 1.54) is 12.4 Å². The second-order valence-electron chi connectivity index (χ2n) is 8.42. The van der Waals surface area contributed by atoms with Crippen molar-refractivity contribution in [3.8, 4) is 22.8 Å². The predicted molar refractivity (Wildman–Crippen MR) is 134 cm³/mol. The van der Waals surface area contributed by atoms with E-state index in [-0.39, 0.29) is 5.75 Å². The van der Waals surface area contributed by atoms with Crippen LogP contribution in [0.1, 0.15) is 5.69 Å². The van der Waals surface area contributed by atoms with Crippen LogP contribution in [0.2, 0.25) is 0 Å². The molecule has 174 valence electrons. The molecule has 0 radical (unpaired) electrons. The van der Waals surface area contributed by atoms with Gasteiger partial charge in [-0.3, -0.25) is 0 Å². The number of nitrogen functional groups attached to an aromatic ring is 2. The number of aromatic nitrogens is 4. The van der Waals surface area contributed by atoms with E-state index in [9.17, 15) is 0 Å². The summed E-state index contributed by atoms with van der Waals surface area (Å²) >= 11 is 0. The van der Waals surface area contributed by atoms with Crippen molar-refractivity contribution in [1.29, 1.82) is 0 Å². The molecule has 3 aromatic heterocycles. The molecule has 9 heteroatoms. The van der Waals surface area contributed by atoms with Crippen LogP contribution >= 0.6 is 0 Å². The molecule has 5 aromatic rings. The first-order chi connectivity index (χ1) is 17.0. The molecule has 0 saturated carbocycles. The average Bonchev–Trinajstić information content (AvgIpc) is 3.40. The average molecular weight is 468 g/mol. The van der Waals surface area contributed by atoms with E-state index in [1.54, 1.807) is 12.1 Å². The van der Waals surface area contributed by atoms with Gasteiger partial charge in [0.25, 0.3) is 0 Å². The number of fused-ring (bicyclic) bond motifs is 3. The van der Waals surface area contributed by atoms with E-state index in [1.807, 2.05) is 49.4 Å². The van der Waals surface area contributed by atoms with E-state index in [4.69, 9.17) is 16.2 Å². The highest BCUT2D eigenvalue weighted by Gasteiger charge is 2.31. The molecule has 0 bridgehead atoms. The van der Waals surface area contributed by atoms with Gasteiger partial charge in [0, 0.05) is 41.8 Å². The molecule has 1 aliphatic heterocycles. The minimum atomic E-state index is -0.511. The molecular formula is C26H22FN7O. The summed E-state index contributed by atoms with van der Waals surface area (Å²) in [4.78, 5) is 15.1. The maximum Gasteiger partial charge on any atom is 0.219 e. The van der Waals surface area contributed by atoms with Crippen LogP contribution in [0.4, 0.5) is 27.4 Å². The SMILES string of the molecule is Cc1cccc(Oc2ccc(-c3c4n(c5ncnc(N)c35)CCN4c3cccc(N)c3)cc2F)n1. The molecule has 0 aliphatic carbocycles. The normalized spacial score (nSPS) is 12.8. The first-order valence-corrected chi connectivity index (χ1v) is 11.2. The largest absolute Gasteiger partial charge is 0.436 e. The van der Waals surface area contributed by atoms with Gasteiger partial charge in [0.15, 0.2) is 11.6 Å². The first-order valence-electron chi connectivity index (χ1n) is 11.2. The smallest absolute Gasteiger partial charge is 0.219 e. The molecule has 35 heavy (non-hydrogen) atoms. The lowest BCUT2D eigenvalue weighted by Crippen LogP contribution is -2.14. The van der Waals surface area contributed by atoms with Crippen molar-refractivity contribution in [2.24, 2.45) is 0 Å². The molecule has 8 nitrogen and oxygen atoms in total. The fraction of sp³-hybridized carbons (Fsp3) is 0.115. The number of benzene rings is 2. The molecule has 0 spiro atoms. The van der Waals surface area contributed by atoms with Crippen molar-refractivity contribution < 1.29 is 9.13 Å². The van der Waals surface area contributed by atoms with Gasteiger partial charge in [-0.05, 0) is 48.9 Å². The Balaban J connectivity index is 1.51. The van der Waals surface area contributed by atoms with E-state index >= 15 is 4.39 Å². The molecule has 0 saturated heterocycles. The highest BCUT2D eigenvalue weighted by atomic mass is 19.1. The van der Waals surface area contributed by atoms with Gasteiger partial charge in [0.1, 0.15) is 23.6 Å². The second-order valence-corrected chi connectivity index (χ2v) is 8.42. The highest BCUT2D eigenvalue weighted by Crippen LogP contribution is 2.47. The van der Waals surface area contributed by atoms with Gasteiger partial charge in [-0.25, -0.2) is 19.3 Å². The van der Waals surface area contributed by atoms with Gasteiger partial charge < -0.3 is 25.7 Å². The second kappa shape index (κ2) is 7.98. The molecule has 0 amide bonds. The maximum absolute atomic E-state index is 15.3. The van der Waals surface area contributed by atoms with Crippen LogP contribution < -0.4 is 21.1 Å². The Bertz CT molecular complexity index is 1600. The lowest BCUT2D eigenvalue weighted by molar-refractivity contribution is 0.427. The number of pyridine rings is 1. The summed E-state index contributed by atoms with van der Waals surface area (Å²) in [5.41, 5.74) is 16.9. The topological polar surface area (TPSA) is 108 Å². The minimum Gasteiger partial charge on any atom is -0.436 e. The number of nitrogens with two attached hydrogens (primary N) is 2. The van der Waals surface area contributed by atoms with Gasteiger partial charge in [-0.1, -0.05) is 18.2 Å². The third-order valence-electron chi connectivity index (χ3n) is 6.12. The maximum atomic E-state index is 15.3. The quantitative estimate of drug-likeness (QED) is 0.356. The third-order valence-corrected chi connectivity index (χ3v) is 6.12. The molecule has 6 rings (SSSR count). The van der Waals surface area contributed by atoms with Crippen LogP contribution in [0.15, 0.2) is 67.0 Å². The molecule has 0 unspecified atom stereocenters. The summed E-state index contributed by atoms with van der Waals surface area (Å²) < 4.78 is 23.1. The van der Waals surface area contributed by atoms with Gasteiger partial charge in [-0.2, -0.15) is 0 Å². The van der Waals surface area contributed by atoms with Gasteiger partial charge in [0.2, 0.25) is 5.88 Å². The monoisotopic (exact) mass is 467 g/mol. The summed E-state index contributed by atoms with van der Waals surface area (Å²) in [5, 5.41) is 0.685. The number of hydrogen-bond acceptors (Lipinski definition) is 7. The van der Waals surface area contributed by atoms with Crippen molar-refractivity contribution >= 4 is 34.0 Å². The van der Waals surface area contributed by atoms with Crippen LogP contribution in [0.5, 0.6) is 11.6 Å². The summed E-state index contributed by atoms with van der Waals surface area (Å²) in [6, 6.07) is 17.9. The molecule has 1 aliphatic rings. The Kier molecular flexibility index (Phi) is 4.77. The zero-order valence-corrected chi connectivity index (χ0v) is 18.9. The van der Waals surface area contributed by atoms with Crippen molar-refractivity contribution in [1.82, 2.24) is 19.5 Å². The Hall–Kier alpha value is -4.66. The summed E-state index contributed by atoms with van der Waals surface area (Å²) in [5.74, 6) is 1.11. The fourth-order valence-electron chi connectivity index (χ4n) is 4.62. The number of anilines is 4. The number of ether oxygens (including phenoxy) is 1. The number of aryl methyl sites for hydroxylation is 1. The lowest BCUT2D eigenvalue weighted by atomic mass is 10.0. The molecule has 4 N–H and O–H groups in total. The minimum absolute atomic E-state index is 0.0870. The Labute approximate surface area is 200 Å². The Morgan fingerprint density at radius 2 is 1.83 bits per heavy atom. The molecule has 0 fully saturated rings. The first kappa shape index (κ1) is 20.9. The van der Waals surface area contributed by atoms with Crippen LogP contribution in [-0.2, 0) is 6.54 Å². The van der Waals surface area contributed by atoms with Gasteiger partial charge in [-0.15, -0.1) is 0 Å². The third kappa shape index (κ3) is 3.48. The van der Waals surface area contributed by atoms with Gasteiger partial charge >= 0.3 is 0 Å². The molecule has 0 atom stereocenters. The number of rotatable bonds is 4. The summed E-state index contributed by atoms with van der Waals surface area (Å²) in [7, 11) is 0. The highest BCUT2D eigenvalue weighted by molar-refractivity contribution is 6.08. The molecule has 4 heterocycles. The zero-order chi connectivity index (χ0) is 24.1. The predicted octanol–water partition coefficient (Wildman–Crippen LogP) is 5.05. The zero-order valence-electron chi connectivity index (χ0n) is 18.9.